The number of nitrogens with one attached hydrogen (secondary N) is 1. The summed E-state index contributed by atoms with van der Waals surface area (Å²) >= 11 is 1.51. The van der Waals surface area contributed by atoms with Gasteiger partial charge < -0.3 is 14.6 Å². The predicted molar refractivity (Wildman–Crippen MR) is 115 cm³/mol. The molecule has 0 unspecified atom stereocenters. The molecule has 0 atom stereocenters. The van der Waals surface area contributed by atoms with Gasteiger partial charge in [-0.3, -0.25) is 4.79 Å². The third kappa shape index (κ3) is 3.43. The number of aromatic nitrogens is 2. The van der Waals surface area contributed by atoms with E-state index in [9.17, 15) is 4.79 Å². The first kappa shape index (κ1) is 17.7. The monoisotopic (exact) mass is 401 g/mol. The molecule has 6 heteroatoms. The molecule has 4 aromatic rings. The van der Waals surface area contributed by atoms with Gasteiger partial charge in [0.05, 0.1) is 4.88 Å². The second kappa shape index (κ2) is 7.22. The Morgan fingerprint density at radius 3 is 2.83 bits per heavy atom. The lowest BCUT2D eigenvalue weighted by molar-refractivity contribution is 0.103. The molecule has 0 saturated carbocycles. The van der Waals surface area contributed by atoms with Crippen molar-refractivity contribution in [1.29, 1.82) is 0 Å². The van der Waals surface area contributed by atoms with Gasteiger partial charge in [0.15, 0.2) is 0 Å². The number of thiophene rings is 1. The van der Waals surface area contributed by atoms with Crippen LogP contribution in [0.3, 0.4) is 0 Å². The van der Waals surface area contributed by atoms with Gasteiger partial charge in [-0.15, -0.1) is 11.3 Å². The van der Waals surface area contributed by atoms with E-state index in [0.29, 0.717) is 11.5 Å². The highest BCUT2D eigenvalue weighted by atomic mass is 32.1. The third-order valence-electron chi connectivity index (χ3n) is 5.04. The molecule has 2 aromatic carbocycles. The van der Waals surface area contributed by atoms with Crippen LogP contribution in [0.2, 0.25) is 0 Å². The smallest absolute Gasteiger partial charge is 0.265 e. The van der Waals surface area contributed by atoms with Crippen LogP contribution < -0.4 is 10.1 Å². The number of ether oxygens (including phenoxy) is 1. The Kier molecular flexibility index (Phi) is 4.41. The van der Waals surface area contributed by atoms with Gasteiger partial charge in [-0.05, 0) is 42.8 Å². The fourth-order valence-electron chi connectivity index (χ4n) is 3.47. The van der Waals surface area contributed by atoms with Crippen molar-refractivity contribution in [3.05, 3.63) is 88.8 Å². The summed E-state index contributed by atoms with van der Waals surface area (Å²) in [4.78, 5) is 18.8. The topological polar surface area (TPSA) is 56.2 Å². The summed E-state index contributed by atoms with van der Waals surface area (Å²) in [6.07, 6.45) is 3.76. The largest absolute Gasteiger partial charge is 0.488 e. The van der Waals surface area contributed by atoms with Gasteiger partial charge in [0.25, 0.3) is 5.91 Å². The van der Waals surface area contributed by atoms with E-state index >= 15 is 0 Å². The second-order valence-electron chi connectivity index (χ2n) is 7.00. The summed E-state index contributed by atoms with van der Waals surface area (Å²) in [6, 6.07) is 17.8. The fraction of sp³-hybridized carbons (Fsp3) is 0.130. The number of para-hydroxylation sites is 1. The average molecular weight is 401 g/mol. The molecule has 0 saturated heterocycles. The molecule has 5 nitrogen and oxygen atoms in total. The minimum Gasteiger partial charge on any atom is -0.488 e. The first-order valence-electron chi connectivity index (χ1n) is 9.40. The van der Waals surface area contributed by atoms with Crippen LogP contribution in [0, 0.1) is 6.92 Å². The van der Waals surface area contributed by atoms with E-state index in [1.54, 1.807) is 6.20 Å². The number of anilines is 1. The number of carbonyl (C=O) groups excluding carboxylic acids is 1. The average Bonchev–Trinajstić information content (AvgIpc) is 3.36. The summed E-state index contributed by atoms with van der Waals surface area (Å²) in [5.74, 6) is 1.76. The zero-order chi connectivity index (χ0) is 19.8. The molecule has 1 N–H and O–H groups in total. The maximum Gasteiger partial charge on any atom is 0.265 e. The number of imidazole rings is 1. The molecule has 1 aliphatic rings. The van der Waals surface area contributed by atoms with E-state index in [1.165, 1.54) is 11.3 Å². The number of fused-ring (bicyclic) bond motifs is 3. The van der Waals surface area contributed by atoms with Gasteiger partial charge in [0.1, 0.15) is 18.2 Å². The molecule has 144 valence electrons. The SMILES string of the molecule is Cc1nccn1Cc1ccc(NC(=O)c2cc3c(s2)-c2ccccc2OC3)cc1. The van der Waals surface area contributed by atoms with Crippen LogP contribution in [-0.4, -0.2) is 15.5 Å². The van der Waals surface area contributed by atoms with Crippen LogP contribution in [0.25, 0.3) is 10.4 Å². The van der Waals surface area contributed by atoms with Crippen molar-refractivity contribution in [3.63, 3.8) is 0 Å². The van der Waals surface area contributed by atoms with Crippen LogP contribution in [0.4, 0.5) is 5.69 Å². The van der Waals surface area contributed by atoms with Crippen molar-refractivity contribution in [3.8, 4) is 16.2 Å². The van der Waals surface area contributed by atoms with Gasteiger partial charge in [0.2, 0.25) is 0 Å². The first-order valence-corrected chi connectivity index (χ1v) is 10.2. The van der Waals surface area contributed by atoms with Gasteiger partial charge >= 0.3 is 0 Å². The number of nitrogens with zero attached hydrogens (tertiary/aromatic N) is 2. The molecule has 1 aliphatic heterocycles. The Labute approximate surface area is 172 Å². The molecule has 29 heavy (non-hydrogen) atoms. The number of amides is 1. The van der Waals surface area contributed by atoms with E-state index in [4.69, 9.17) is 4.74 Å². The van der Waals surface area contributed by atoms with Gasteiger partial charge in [-0.2, -0.15) is 0 Å². The number of carbonyl (C=O) groups is 1. The predicted octanol–water partition coefficient (Wildman–Crippen LogP) is 5.11. The second-order valence-corrected chi connectivity index (χ2v) is 8.06. The van der Waals surface area contributed by atoms with E-state index in [2.05, 4.69) is 14.9 Å². The number of benzene rings is 2. The minimum absolute atomic E-state index is 0.0971. The van der Waals surface area contributed by atoms with Crippen molar-refractivity contribution in [2.75, 3.05) is 5.32 Å². The Morgan fingerprint density at radius 2 is 2.03 bits per heavy atom. The number of hydrogen-bond acceptors (Lipinski definition) is 4. The lowest BCUT2D eigenvalue weighted by atomic mass is 10.1. The summed E-state index contributed by atoms with van der Waals surface area (Å²) in [6.45, 7) is 3.24. The maximum atomic E-state index is 12.8. The molecule has 5 rings (SSSR count). The summed E-state index contributed by atoms with van der Waals surface area (Å²) < 4.78 is 7.88. The van der Waals surface area contributed by atoms with Crippen molar-refractivity contribution in [2.24, 2.45) is 0 Å². The minimum atomic E-state index is -0.0971. The lowest BCUT2D eigenvalue weighted by Crippen LogP contribution is -2.10. The van der Waals surface area contributed by atoms with Crippen molar-refractivity contribution in [1.82, 2.24) is 9.55 Å². The summed E-state index contributed by atoms with van der Waals surface area (Å²) in [7, 11) is 0. The maximum absolute atomic E-state index is 12.8. The van der Waals surface area contributed by atoms with E-state index in [0.717, 1.165) is 45.4 Å². The van der Waals surface area contributed by atoms with Crippen LogP contribution >= 0.6 is 11.3 Å². The molecule has 3 heterocycles. The normalized spacial score (nSPS) is 12.0. The molecule has 0 radical (unpaired) electrons. The third-order valence-corrected chi connectivity index (χ3v) is 6.25. The van der Waals surface area contributed by atoms with Gasteiger partial charge in [-0.1, -0.05) is 24.3 Å². The standard InChI is InChI=1S/C23H19N3O2S/c1-15-24-10-11-26(15)13-16-6-8-18(9-7-16)25-23(27)21-12-17-14-28-20-5-3-2-4-19(20)22(17)29-21/h2-12H,13-14H2,1H3,(H,25,27). The summed E-state index contributed by atoms with van der Waals surface area (Å²) in [5.41, 5.74) is 4.05. The molecule has 0 fully saturated rings. The fourth-order valence-corrected chi connectivity index (χ4v) is 4.56. The van der Waals surface area contributed by atoms with Crippen LogP contribution in [-0.2, 0) is 13.2 Å². The van der Waals surface area contributed by atoms with Crippen LogP contribution in [0.1, 0.15) is 26.6 Å². The quantitative estimate of drug-likeness (QED) is 0.517. The van der Waals surface area contributed by atoms with Crippen LogP contribution in [0.15, 0.2) is 67.0 Å². The van der Waals surface area contributed by atoms with Gasteiger partial charge in [0, 0.05) is 40.6 Å². The molecule has 0 aliphatic carbocycles. The number of rotatable bonds is 4. The zero-order valence-electron chi connectivity index (χ0n) is 15.9. The molecule has 0 spiro atoms. The Balaban J connectivity index is 1.31. The van der Waals surface area contributed by atoms with E-state index in [-0.39, 0.29) is 5.91 Å². The highest BCUT2D eigenvalue weighted by Crippen LogP contribution is 2.42. The highest BCUT2D eigenvalue weighted by molar-refractivity contribution is 7.17. The van der Waals surface area contributed by atoms with Crippen molar-refractivity contribution < 1.29 is 9.53 Å². The molecule has 2 aromatic heterocycles. The van der Waals surface area contributed by atoms with Crippen molar-refractivity contribution in [2.45, 2.75) is 20.1 Å². The van der Waals surface area contributed by atoms with E-state index in [1.807, 2.05) is 67.7 Å². The zero-order valence-corrected chi connectivity index (χ0v) is 16.7. The summed E-state index contributed by atoms with van der Waals surface area (Å²) in [5, 5.41) is 3.00. The lowest BCUT2D eigenvalue weighted by Gasteiger charge is -2.16. The molecular weight excluding hydrogens is 382 g/mol. The Bertz CT molecular complexity index is 1190. The van der Waals surface area contributed by atoms with Crippen molar-refractivity contribution >= 4 is 22.9 Å². The molecule has 1 amide bonds. The molecular formula is C23H19N3O2S. The van der Waals surface area contributed by atoms with Gasteiger partial charge in [-0.25, -0.2) is 4.98 Å². The Hall–Kier alpha value is -3.38. The number of aryl methyl sites for hydroxylation is 1. The molecule has 0 bridgehead atoms. The Morgan fingerprint density at radius 1 is 1.21 bits per heavy atom. The van der Waals surface area contributed by atoms with Crippen LogP contribution in [0.5, 0.6) is 5.75 Å². The van der Waals surface area contributed by atoms with E-state index < -0.39 is 0 Å². The number of hydrogen-bond donors (Lipinski definition) is 1. The highest BCUT2D eigenvalue weighted by Gasteiger charge is 2.22. The first-order chi connectivity index (χ1) is 14.2.